The average Bonchev–Trinajstić information content (AvgIpc) is 2.35. The summed E-state index contributed by atoms with van der Waals surface area (Å²) in [4.78, 5) is 4.04. The smallest absolute Gasteiger partial charge is 0.262 e. The van der Waals surface area contributed by atoms with Gasteiger partial charge in [-0.05, 0) is 24.5 Å². The van der Waals surface area contributed by atoms with Crippen molar-refractivity contribution in [3.05, 3.63) is 18.3 Å². The summed E-state index contributed by atoms with van der Waals surface area (Å²) in [7, 11) is -1.94. The molecule has 0 spiro atoms. The van der Waals surface area contributed by atoms with E-state index in [0.717, 1.165) is 13.0 Å². The van der Waals surface area contributed by atoms with Crippen molar-refractivity contribution in [1.29, 1.82) is 0 Å². The Balaban J connectivity index is 3.06. The van der Waals surface area contributed by atoms with Gasteiger partial charge in [-0.3, -0.25) is 0 Å². The molecular weight excluding hydrogens is 262 g/mol. The van der Waals surface area contributed by atoms with Crippen LogP contribution in [0.1, 0.15) is 27.2 Å². The number of rotatable bonds is 7. The van der Waals surface area contributed by atoms with E-state index >= 15 is 0 Å². The van der Waals surface area contributed by atoms with E-state index in [2.05, 4.69) is 10.3 Å². The number of sulfonamides is 1. The molecule has 1 aromatic heterocycles. The van der Waals surface area contributed by atoms with Gasteiger partial charge in [-0.2, -0.15) is 4.31 Å². The Kier molecular flexibility index (Phi) is 5.75. The van der Waals surface area contributed by atoms with Crippen LogP contribution in [0, 0.1) is 5.92 Å². The molecule has 0 saturated carbocycles. The van der Waals surface area contributed by atoms with Crippen molar-refractivity contribution in [2.45, 2.75) is 32.2 Å². The van der Waals surface area contributed by atoms with Gasteiger partial charge in [0, 0.05) is 26.3 Å². The Labute approximate surface area is 116 Å². The standard InChI is InChI=1S/C13H23N3O2S/c1-5-8-14-12-7-6-9-15-13(12)19(17,18)16(4)10-11(2)3/h6-7,9,11,14H,5,8,10H2,1-4H3. The maximum Gasteiger partial charge on any atom is 0.262 e. The van der Waals surface area contributed by atoms with Gasteiger partial charge in [-0.1, -0.05) is 20.8 Å². The van der Waals surface area contributed by atoms with Crippen molar-refractivity contribution < 1.29 is 8.42 Å². The van der Waals surface area contributed by atoms with Gasteiger partial charge in [0.05, 0.1) is 5.69 Å². The van der Waals surface area contributed by atoms with Gasteiger partial charge in [0.15, 0.2) is 5.03 Å². The number of nitrogens with one attached hydrogen (secondary N) is 1. The molecule has 0 amide bonds. The molecule has 0 unspecified atom stereocenters. The Morgan fingerprint density at radius 3 is 2.68 bits per heavy atom. The summed E-state index contributed by atoms with van der Waals surface area (Å²) in [6, 6.07) is 3.48. The van der Waals surface area contributed by atoms with E-state index in [4.69, 9.17) is 0 Å². The van der Waals surface area contributed by atoms with Crippen molar-refractivity contribution >= 4 is 15.7 Å². The molecule has 1 heterocycles. The molecule has 19 heavy (non-hydrogen) atoms. The quantitative estimate of drug-likeness (QED) is 0.834. The number of anilines is 1. The minimum Gasteiger partial charge on any atom is -0.383 e. The summed E-state index contributed by atoms with van der Waals surface area (Å²) in [5.41, 5.74) is 0.569. The lowest BCUT2D eigenvalue weighted by Gasteiger charge is -2.20. The molecule has 1 N–H and O–H groups in total. The zero-order chi connectivity index (χ0) is 14.5. The number of nitrogens with zero attached hydrogens (tertiary/aromatic N) is 2. The minimum absolute atomic E-state index is 0.103. The highest BCUT2D eigenvalue weighted by atomic mass is 32.2. The van der Waals surface area contributed by atoms with Gasteiger partial charge in [0.2, 0.25) is 0 Å². The van der Waals surface area contributed by atoms with Crippen molar-refractivity contribution in [2.75, 3.05) is 25.5 Å². The molecule has 0 fully saturated rings. The van der Waals surface area contributed by atoms with Crippen LogP contribution in [0.15, 0.2) is 23.4 Å². The van der Waals surface area contributed by atoms with E-state index in [-0.39, 0.29) is 10.9 Å². The van der Waals surface area contributed by atoms with Crippen LogP contribution in [0.2, 0.25) is 0 Å². The van der Waals surface area contributed by atoms with Crippen molar-refractivity contribution in [3.8, 4) is 0 Å². The lowest BCUT2D eigenvalue weighted by molar-refractivity contribution is 0.415. The molecule has 0 aromatic carbocycles. The maximum atomic E-state index is 12.5. The second kappa shape index (κ2) is 6.86. The highest BCUT2D eigenvalue weighted by Gasteiger charge is 2.25. The van der Waals surface area contributed by atoms with E-state index in [1.165, 1.54) is 10.5 Å². The third-order valence-corrected chi connectivity index (χ3v) is 4.40. The predicted molar refractivity (Wildman–Crippen MR) is 77.7 cm³/mol. The monoisotopic (exact) mass is 285 g/mol. The van der Waals surface area contributed by atoms with E-state index < -0.39 is 10.0 Å². The van der Waals surface area contributed by atoms with Gasteiger partial charge in [-0.25, -0.2) is 13.4 Å². The second-order valence-corrected chi connectivity index (χ2v) is 6.92. The zero-order valence-electron chi connectivity index (χ0n) is 12.0. The third-order valence-electron chi connectivity index (χ3n) is 2.61. The topological polar surface area (TPSA) is 62.3 Å². The SMILES string of the molecule is CCCNc1cccnc1S(=O)(=O)N(C)CC(C)C. The fraction of sp³-hybridized carbons (Fsp3) is 0.615. The van der Waals surface area contributed by atoms with E-state index in [1.807, 2.05) is 20.8 Å². The normalized spacial score (nSPS) is 12.1. The van der Waals surface area contributed by atoms with Crippen LogP contribution in [0.4, 0.5) is 5.69 Å². The summed E-state index contributed by atoms with van der Waals surface area (Å²) in [5.74, 6) is 0.274. The van der Waals surface area contributed by atoms with Gasteiger partial charge in [0.1, 0.15) is 0 Å². The second-order valence-electron chi connectivity index (χ2n) is 4.96. The van der Waals surface area contributed by atoms with Crippen LogP contribution < -0.4 is 5.32 Å². The van der Waals surface area contributed by atoms with Gasteiger partial charge < -0.3 is 5.32 Å². The van der Waals surface area contributed by atoms with Crippen LogP contribution in [-0.2, 0) is 10.0 Å². The summed E-state index contributed by atoms with van der Waals surface area (Å²) in [6.07, 6.45) is 2.43. The molecule has 0 atom stereocenters. The van der Waals surface area contributed by atoms with E-state index in [9.17, 15) is 8.42 Å². The van der Waals surface area contributed by atoms with Crippen LogP contribution in [0.5, 0.6) is 0 Å². The summed E-state index contributed by atoms with van der Waals surface area (Å²) < 4.78 is 26.3. The van der Waals surface area contributed by atoms with E-state index in [0.29, 0.717) is 12.2 Å². The average molecular weight is 285 g/mol. The number of hydrogen-bond donors (Lipinski definition) is 1. The van der Waals surface area contributed by atoms with Crippen molar-refractivity contribution in [3.63, 3.8) is 0 Å². The number of aromatic nitrogens is 1. The lowest BCUT2D eigenvalue weighted by atomic mass is 10.2. The molecule has 108 valence electrons. The molecule has 1 aromatic rings. The lowest BCUT2D eigenvalue weighted by Crippen LogP contribution is -2.31. The van der Waals surface area contributed by atoms with Gasteiger partial charge in [0.25, 0.3) is 10.0 Å². The number of pyridine rings is 1. The highest BCUT2D eigenvalue weighted by molar-refractivity contribution is 7.89. The van der Waals surface area contributed by atoms with Gasteiger partial charge >= 0.3 is 0 Å². The molecular formula is C13H23N3O2S. The molecule has 0 saturated heterocycles. The fourth-order valence-electron chi connectivity index (χ4n) is 1.75. The molecule has 0 aliphatic rings. The van der Waals surface area contributed by atoms with Crippen molar-refractivity contribution in [2.24, 2.45) is 5.92 Å². The molecule has 0 radical (unpaired) electrons. The fourth-order valence-corrected chi connectivity index (χ4v) is 3.15. The first-order valence-electron chi connectivity index (χ1n) is 6.54. The van der Waals surface area contributed by atoms with Crippen LogP contribution in [0.3, 0.4) is 0 Å². The Hall–Kier alpha value is -1.14. The molecule has 0 aliphatic carbocycles. The van der Waals surface area contributed by atoms with Crippen LogP contribution >= 0.6 is 0 Å². The first-order valence-corrected chi connectivity index (χ1v) is 7.98. The first-order chi connectivity index (χ1) is 8.89. The summed E-state index contributed by atoms with van der Waals surface area (Å²) in [5, 5.41) is 3.21. The Morgan fingerprint density at radius 1 is 1.42 bits per heavy atom. The maximum absolute atomic E-state index is 12.5. The Bertz CT molecular complexity index is 500. The van der Waals surface area contributed by atoms with Crippen molar-refractivity contribution in [1.82, 2.24) is 9.29 Å². The van der Waals surface area contributed by atoms with E-state index in [1.54, 1.807) is 19.2 Å². The predicted octanol–water partition coefficient (Wildman–Crippen LogP) is 2.18. The largest absolute Gasteiger partial charge is 0.383 e. The van der Waals surface area contributed by atoms with Crippen LogP contribution in [-0.4, -0.2) is 37.8 Å². The van der Waals surface area contributed by atoms with Crippen LogP contribution in [0.25, 0.3) is 0 Å². The first kappa shape index (κ1) is 15.9. The van der Waals surface area contributed by atoms with Gasteiger partial charge in [-0.15, -0.1) is 0 Å². The molecule has 5 nitrogen and oxygen atoms in total. The third kappa shape index (κ3) is 4.18. The molecule has 0 bridgehead atoms. The minimum atomic E-state index is -3.54. The molecule has 6 heteroatoms. The highest BCUT2D eigenvalue weighted by Crippen LogP contribution is 2.21. The summed E-state index contributed by atoms with van der Waals surface area (Å²) >= 11 is 0. The molecule has 0 aliphatic heterocycles. The molecule has 1 rings (SSSR count). The number of hydrogen-bond acceptors (Lipinski definition) is 4. The Morgan fingerprint density at radius 2 is 2.11 bits per heavy atom. The zero-order valence-corrected chi connectivity index (χ0v) is 12.9. The summed E-state index contributed by atoms with van der Waals surface area (Å²) in [6.45, 7) is 7.21.